The first-order chi connectivity index (χ1) is 7.65. The molecule has 16 heavy (non-hydrogen) atoms. The quantitative estimate of drug-likeness (QED) is 0.892. The number of aliphatic hydroxyl groups is 1. The second kappa shape index (κ2) is 4.44. The fraction of sp³-hybridized carbons (Fsp3) is 0.417. The van der Waals surface area contributed by atoms with E-state index in [2.05, 4.69) is 11.9 Å². The number of hydrogen-bond acceptors (Lipinski definition) is 2. The standard InChI is InChI=1S/C12H15ClN2O/c1-3-7-15-11-9(13)5-4-6-10(11)14-12(15)8(2)16/h4-6,8,16H,3,7H2,1-2H3. The van der Waals surface area contributed by atoms with Crippen molar-refractivity contribution in [2.45, 2.75) is 32.9 Å². The first-order valence-electron chi connectivity index (χ1n) is 5.47. The minimum atomic E-state index is -0.574. The summed E-state index contributed by atoms with van der Waals surface area (Å²) >= 11 is 6.17. The molecule has 0 saturated heterocycles. The van der Waals surface area contributed by atoms with Crippen molar-refractivity contribution in [1.82, 2.24) is 9.55 Å². The molecule has 0 spiro atoms. The summed E-state index contributed by atoms with van der Waals surface area (Å²) in [5, 5.41) is 10.4. The van der Waals surface area contributed by atoms with Crippen LogP contribution in [0.2, 0.25) is 5.02 Å². The monoisotopic (exact) mass is 238 g/mol. The molecule has 1 atom stereocenters. The Hall–Kier alpha value is -1.06. The van der Waals surface area contributed by atoms with Crippen LogP contribution in [0.5, 0.6) is 0 Å². The van der Waals surface area contributed by atoms with Crippen molar-refractivity contribution in [3.8, 4) is 0 Å². The summed E-state index contributed by atoms with van der Waals surface area (Å²) in [5.41, 5.74) is 1.76. The maximum Gasteiger partial charge on any atom is 0.138 e. The van der Waals surface area contributed by atoms with E-state index in [1.807, 2.05) is 22.8 Å². The minimum absolute atomic E-state index is 0.574. The lowest BCUT2D eigenvalue weighted by Gasteiger charge is -2.09. The molecule has 0 radical (unpaired) electrons. The second-order valence-electron chi connectivity index (χ2n) is 3.91. The molecule has 0 bridgehead atoms. The Bertz CT molecular complexity index is 505. The van der Waals surface area contributed by atoms with Gasteiger partial charge in [-0.1, -0.05) is 24.6 Å². The van der Waals surface area contributed by atoms with Gasteiger partial charge < -0.3 is 9.67 Å². The van der Waals surface area contributed by atoms with Crippen LogP contribution in [0.4, 0.5) is 0 Å². The molecule has 0 fully saturated rings. The lowest BCUT2D eigenvalue weighted by Crippen LogP contribution is -2.06. The number of imidazole rings is 1. The summed E-state index contributed by atoms with van der Waals surface area (Å²) in [4.78, 5) is 4.42. The third-order valence-electron chi connectivity index (χ3n) is 2.57. The number of rotatable bonds is 3. The van der Waals surface area contributed by atoms with E-state index in [0.717, 1.165) is 24.0 Å². The summed E-state index contributed by atoms with van der Waals surface area (Å²) in [6.45, 7) is 4.64. The number of benzene rings is 1. The molecular weight excluding hydrogens is 224 g/mol. The topological polar surface area (TPSA) is 38.0 Å². The van der Waals surface area contributed by atoms with Gasteiger partial charge in [0.25, 0.3) is 0 Å². The van der Waals surface area contributed by atoms with E-state index in [0.29, 0.717) is 10.8 Å². The molecule has 0 aliphatic carbocycles. The third kappa shape index (κ3) is 1.81. The molecule has 0 amide bonds. The summed E-state index contributed by atoms with van der Waals surface area (Å²) in [5.74, 6) is 0.685. The van der Waals surface area contributed by atoms with Crippen LogP contribution in [-0.2, 0) is 6.54 Å². The molecule has 0 aliphatic heterocycles. The van der Waals surface area contributed by atoms with E-state index >= 15 is 0 Å². The fourth-order valence-corrected chi connectivity index (χ4v) is 2.20. The number of para-hydroxylation sites is 1. The van der Waals surface area contributed by atoms with Crippen molar-refractivity contribution in [3.63, 3.8) is 0 Å². The Morgan fingerprint density at radius 2 is 2.25 bits per heavy atom. The molecule has 2 aromatic rings. The van der Waals surface area contributed by atoms with Crippen LogP contribution in [0.15, 0.2) is 18.2 Å². The smallest absolute Gasteiger partial charge is 0.138 e. The average molecular weight is 239 g/mol. The normalized spacial score (nSPS) is 13.2. The molecule has 0 aliphatic rings. The van der Waals surface area contributed by atoms with E-state index in [-0.39, 0.29) is 0 Å². The molecular formula is C12H15ClN2O. The zero-order chi connectivity index (χ0) is 11.7. The predicted molar refractivity (Wildman–Crippen MR) is 65.7 cm³/mol. The van der Waals surface area contributed by atoms with Gasteiger partial charge in [0.1, 0.15) is 11.9 Å². The molecule has 86 valence electrons. The predicted octanol–water partition coefficient (Wildman–Crippen LogP) is 3.15. The van der Waals surface area contributed by atoms with Gasteiger partial charge in [0.15, 0.2) is 0 Å². The Balaban J connectivity index is 2.72. The highest BCUT2D eigenvalue weighted by molar-refractivity contribution is 6.35. The number of halogens is 1. The van der Waals surface area contributed by atoms with E-state index < -0.39 is 6.10 Å². The minimum Gasteiger partial charge on any atom is -0.385 e. The number of aryl methyl sites for hydroxylation is 1. The van der Waals surface area contributed by atoms with Gasteiger partial charge in [-0.2, -0.15) is 0 Å². The highest BCUT2D eigenvalue weighted by atomic mass is 35.5. The van der Waals surface area contributed by atoms with Gasteiger partial charge in [0.2, 0.25) is 0 Å². The van der Waals surface area contributed by atoms with Crippen LogP contribution in [0, 0.1) is 0 Å². The lowest BCUT2D eigenvalue weighted by molar-refractivity contribution is 0.184. The lowest BCUT2D eigenvalue weighted by atomic mass is 10.3. The summed E-state index contributed by atoms with van der Waals surface area (Å²) < 4.78 is 2.00. The summed E-state index contributed by atoms with van der Waals surface area (Å²) in [6, 6.07) is 5.64. The largest absolute Gasteiger partial charge is 0.385 e. The first-order valence-corrected chi connectivity index (χ1v) is 5.85. The highest BCUT2D eigenvalue weighted by Gasteiger charge is 2.15. The molecule has 0 saturated carbocycles. The molecule has 2 rings (SSSR count). The van der Waals surface area contributed by atoms with E-state index in [1.54, 1.807) is 6.92 Å². The molecule has 1 aromatic heterocycles. The van der Waals surface area contributed by atoms with Gasteiger partial charge in [-0.15, -0.1) is 0 Å². The highest BCUT2D eigenvalue weighted by Crippen LogP contribution is 2.27. The molecule has 4 heteroatoms. The van der Waals surface area contributed by atoms with Crippen molar-refractivity contribution in [1.29, 1.82) is 0 Å². The number of hydrogen-bond donors (Lipinski definition) is 1. The zero-order valence-electron chi connectivity index (χ0n) is 9.44. The maximum absolute atomic E-state index is 9.70. The van der Waals surface area contributed by atoms with Crippen LogP contribution in [0.1, 0.15) is 32.2 Å². The SMILES string of the molecule is CCCn1c(C(C)O)nc2cccc(Cl)c21. The van der Waals surface area contributed by atoms with Gasteiger partial charge in [-0.3, -0.25) is 0 Å². The van der Waals surface area contributed by atoms with Gasteiger partial charge in [-0.05, 0) is 25.5 Å². The maximum atomic E-state index is 9.70. The van der Waals surface area contributed by atoms with Gasteiger partial charge in [-0.25, -0.2) is 4.98 Å². The van der Waals surface area contributed by atoms with Crippen molar-refractivity contribution in [2.24, 2.45) is 0 Å². The van der Waals surface area contributed by atoms with E-state index in [1.165, 1.54) is 0 Å². The Morgan fingerprint density at radius 3 is 2.88 bits per heavy atom. The summed E-state index contributed by atoms with van der Waals surface area (Å²) in [7, 11) is 0. The van der Waals surface area contributed by atoms with Crippen molar-refractivity contribution in [3.05, 3.63) is 29.0 Å². The Kier molecular flexibility index (Phi) is 3.17. The van der Waals surface area contributed by atoms with Crippen LogP contribution < -0.4 is 0 Å². The first kappa shape index (κ1) is 11.4. The van der Waals surface area contributed by atoms with Crippen molar-refractivity contribution in [2.75, 3.05) is 0 Å². The number of nitrogens with zero attached hydrogens (tertiary/aromatic N) is 2. The third-order valence-corrected chi connectivity index (χ3v) is 2.87. The van der Waals surface area contributed by atoms with Crippen LogP contribution in [0.25, 0.3) is 11.0 Å². The van der Waals surface area contributed by atoms with Gasteiger partial charge >= 0.3 is 0 Å². The van der Waals surface area contributed by atoms with E-state index in [4.69, 9.17) is 11.6 Å². The van der Waals surface area contributed by atoms with Gasteiger partial charge in [0, 0.05) is 6.54 Å². The van der Waals surface area contributed by atoms with Crippen LogP contribution >= 0.6 is 11.6 Å². The molecule has 3 nitrogen and oxygen atoms in total. The molecule has 1 aromatic carbocycles. The fourth-order valence-electron chi connectivity index (χ4n) is 1.93. The number of fused-ring (bicyclic) bond motifs is 1. The zero-order valence-corrected chi connectivity index (χ0v) is 10.2. The van der Waals surface area contributed by atoms with Crippen LogP contribution in [0.3, 0.4) is 0 Å². The van der Waals surface area contributed by atoms with Gasteiger partial charge in [0.05, 0.1) is 16.1 Å². The Labute approximate surface area is 99.7 Å². The molecule has 1 unspecified atom stereocenters. The molecule has 1 N–H and O–H groups in total. The average Bonchev–Trinajstić information content (AvgIpc) is 2.59. The molecule has 1 heterocycles. The summed E-state index contributed by atoms with van der Waals surface area (Å²) in [6.07, 6.45) is 0.408. The van der Waals surface area contributed by atoms with Crippen molar-refractivity contribution >= 4 is 22.6 Å². The second-order valence-corrected chi connectivity index (χ2v) is 4.31. The van der Waals surface area contributed by atoms with Crippen LogP contribution in [-0.4, -0.2) is 14.7 Å². The van der Waals surface area contributed by atoms with E-state index in [9.17, 15) is 5.11 Å². The Morgan fingerprint density at radius 1 is 1.50 bits per heavy atom. The van der Waals surface area contributed by atoms with Crippen molar-refractivity contribution < 1.29 is 5.11 Å². The number of aliphatic hydroxyl groups excluding tert-OH is 1. The number of aromatic nitrogens is 2.